The highest BCUT2D eigenvalue weighted by Gasteiger charge is 2.05. The molecule has 0 bridgehead atoms. The minimum Gasteiger partial charge on any atom is -0.496 e. The monoisotopic (exact) mass is 221 g/mol. The van der Waals surface area contributed by atoms with Crippen LogP contribution in [0.5, 0.6) is 5.75 Å². The van der Waals surface area contributed by atoms with Gasteiger partial charge in [0.1, 0.15) is 5.75 Å². The number of aryl methyl sites for hydroxylation is 1. The maximum Gasteiger partial charge on any atom is 0.219 e. The molecule has 0 radical (unpaired) electrons. The van der Waals surface area contributed by atoms with Gasteiger partial charge in [-0.3, -0.25) is 4.79 Å². The predicted octanol–water partition coefficient (Wildman–Crippen LogP) is 2.28. The average Bonchev–Trinajstić information content (AvgIpc) is 2.35. The maximum absolute atomic E-state index is 11.2. The summed E-state index contributed by atoms with van der Waals surface area (Å²) in [7, 11) is 1.64. The molecular formula is C13H19NO2. The molecule has 3 nitrogen and oxygen atoms in total. The number of carbonyl (C=O) groups excluding carboxylic acids is 1. The quantitative estimate of drug-likeness (QED) is 0.828. The lowest BCUT2D eigenvalue weighted by atomic mass is 10.1. The Morgan fingerprint density at radius 1 is 1.38 bits per heavy atom. The second kappa shape index (κ2) is 6.16. The third-order valence-electron chi connectivity index (χ3n) is 2.55. The number of hydrogen-bond acceptors (Lipinski definition) is 2. The molecule has 16 heavy (non-hydrogen) atoms. The number of hydrogen-bond donors (Lipinski definition) is 1. The minimum absolute atomic E-state index is 0.0592. The van der Waals surface area contributed by atoms with E-state index in [1.54, 1.807) is 7.11 Å². The van der Waals surface area contributed by atoms with E-state index in [1.807, 2.05) is 19.1 Å². The van der Waals surface area contributed by atoms with Gasteiger partial charge in [-0.15, -0.1) is 0 Å². The molecule has 0 aliphatic carbocycles. The van der Waals surface area contributed by atoms with E-state index in [-0.39, 0.29) is 5.91 Å². The van der Waals surface area contributed by atoms with Crippen molar-refractivity contribution < 1.29 is 9.53 Å². The number of benzene rings is 1. The summed E-state index contributed by atoms with van der Waals surface area (Å²) < 4.78 is 5.26. The molecule has 0 aliphatic rings. The SMILES string of the molecule is CCC(=O)NCc1cc(CC)ccc1OC. The first-order valence-electron chi connectivity index (χ1n) is 5.63. The zero-order valence-electron chi connectivity index (χ0n) is 10.2. The number of ether oxygens (including phenoxy) is 1. The zero-order valence-corrected chi connectivity index (χ0v) is 10.2. The lowest BCUT2D eigenvalue weighted by Crippen LogP contribution is -2.21. The number of rotatable bonds is 5. The third-order valence-corrected chi connectivity index (χ3v) is 2.55. The van der Waals surface area contributed by atoms with Crippen LogP contribution in [-0.2, 0) is 17.8 Å². The van der Waals surface area contributed by atoms with Gasteiger partial charge in [-0.2, -0.15) is 0 Å². The molecule has 0 fully saturated rings. The summed E-state index contributed by atoms with van der Waals surface area (Å²) in [5, 5.41) is 2.86. The van der Waals surface area contributed by atoms with E-state index in [0.717, 1.165) is 17.7 Å². The minimum atomic E-state index is 0.0592. The van der Waals surface area contributed by atoms with E-state index >= 15 is 0 Å². The molecule has 0 atom stereocenters. The molecule has 0 unspecified atom stereocenters. The van der Waals surface area contributed by atoms with Crippen LogP contribution in [0.15, 0.2) is 18.2 Å². The summed E-state index contributed by atoms with van der Waals surface area (Å²) in [6.45, 7) is 4.48. The summed E-state index contributed by atoms with van der Waals surface area (Å²) in [4.78, 5) is 11.2. The molecule has 0 spiro atoms. The van der Waals surface area contributed by atoms with E-state index < -0.39 is 0 Å². The van der Waals surface area contributed by atoms with Crippen LogP contribution >= 0.6 is 0 Å². The fourth-order valence-corrected chi connectivity index (χ4v) is 1.51. The van der Waals surface area contributed by atoms with Crippen LogP contribution < -0.4 is 10.1 Å². The molecule has 1 amide bonds. The van der Waals surface area contributed by atoms with Crippen LogP contribution in [0.1, 0.15) is 31.4 Å². The molecule has 1 rings (SSSR count). The molecule has 3 heteroatoms. The largest absolute Gasteiger partial charge is 0.496 e. The van der Waals surface area contributed by atoms with E-state index in [9.17, 15) is 4.79 Å². The molecule has 0 heterocycles. The van der Waals surface area contributed by atoms with Gasteiger partial charge >= 0.3 is 0 Å². The highest BCUT2D eigenvalue weighted by atomic mass is 16.5. The Bertz CT molecular complexity index is 361. The Balaban J connectivity index is 2.78. The summed E-state index contributed by atoms with van der Waals surface area (Å²) in [5.41, 5.74) is 2.28. The lowest BCUT2D eigenvalue weighted by Gasteiger charge is -2.10. The van der Waals surface area contributed by atoms with Crippen LogP contribution in [0, 0.1) is 0 Å². The maximum atomic E-state index is 11.2. The Morgan fingerprint density at radius 2 is 2.12 bits per heavy atom. The smallest absolute Gasteiger partial charge is 0.219 e. The van der Waals surface area contributed by atoms with Crippen LogP contribution in [-0.4, -0.2) is 13.0 Å². The van der Waals surface area contributed by atoms with Gasteiger partial charge in [0.25, 0.3) is 0 Å². The van der Waals surface area contributed by atoms with Gasteiger partial charge in [0.05, 0.1) is 7.11 Å². The lowest BCUT2D eigenvalue weighted by molar-refractivity contribution is -0.120. The topological polar surface area (TPSA) is 38.3 Å². The van der Waals surface area contributed by atoms with Crippen molar-refractivity contribution >= 4 is 5.91 Å². The van der Waals surface area contributed by atoms with Crippen LogP contribution in [0.2, 0.25) is 0 Å². The summed E-state index contributed by atoms with van der Waals surface area (Å²) in [6, 6.07) is 6.07. The van der Waals surface area contributed by atoms with Crippen molar-refractivity contribution in [1.82, 2.24) is 5.32 Å². The van der Waals surface area contributed by atoms with Crippen LogP contribution in [0.4, 0.5) is 0 Å². The van der Waals surface area contributed by atoms with Gasteiger partial charge in [-0.05, 0) is 18.1 Å². The molecular weight excluding hydrogens is 202 g/mol. The van der Waals surface area contributed by atoms with Crippen molar-refractivity contribution in [3.8, 4) is 5.75 Å². The highest BCUT2D eigenvalue weighted by molar-refractivity contribution is 5.75. The second-order valence-corrected chi connectivity index (χ2v) is 3.63. The highest BCUT2D eigenvalue weighted by Crippen LogP contribution is 2.20. The summed E-state index contributed by atoms with van der Waals surface area (Å²) in [5.74, 6) is 0.887. The molecule has 88 valence electrons. The molecule has 1 aromatic carbocycles. The fraction of sp³-hybridized carbons (Fsp3) is 0.462. The van der Waals surface area contributed by atoms with Gasteiger partial charge in [-0.1, -0.05) is 26.0 Å². The first-order chi connectivity index (χ1) is 7.71. The molecule has 1 aromatic rings. The van der Waals surface area contributed by atoms with E-state index in [1.165, 1.54) is 5.56 Å². The fourth-order valence-electron chi connectivity index (χ4n) is 1.51. The number of amides is 1. The van der Waals surface area contributed by atoms with Crippen molar-refractivity contribution in [1.29, 1.82) is 0 Å². The second-order valence-electron chi connectivity index (χ2n) is 3.63. The first-order valence-corrected chi connectivity index (χ1v) is 5.63. The summed E-state index contributed by atoms with van der Waals surface area (Å²) >= 11 is 0. The van der Waals surface area contributed by atoms with Gasteiger partial charge < -0.3 is 10.1 Å². The number of methoxy groups -OCH3 is 1. The predicted molar refractivity (Wildman–Crippen MR) is 64.5 cm³/mol. The normalized spacial score (nSPS) is 9.94. The Morgan fingerprint density at radius 3 is 2.69 bits per heavy atom. The van der Waals surface area contributed by atoms with E-state index in [4.69, 9.17) is 4.74 Å². The molecule has 0 aromatic heterocycles. The van der Waals surface area contributed by atoms with Crippen molar-refractivity contribution in [2.24, 2.45) is 0 Å². The Kier molecular flexibility index (Phi) is 4.83. The van der Waals surface area contributed by atoms with E-state index in [0.29, 0.717) is 13.0 Å². The summed E-state index contributed by atoms with van der Waals surface area (Å²) in [6.07, 6.45) is 1.49. The Labute approximate surface area is 96.8 Å². The van der Waals surface area contributed by atoms with Crippen LogP contribution in [0.3, 0.4) is 0 Å². The van der Waals surface area contributed by atoms with Crippen molar-refractivity contribution in [3.05, 3.63) is 29.3 Å². The zero-order chi connectivity index (χ0) is 12.0. The van der Waals surface area contributed by atoms with Crippen molar-refractivity contribution in [2.45, 2.75) is 33.2 Å². The van der Waals surface area contributed by atoms with Crippen molar-refractivity contribution in [3.63, 3.8) is 0 Å². The van der Waals surface area contributed by atoms with E-state index in [2.05, 4.69) is 18.3 Å². The Hall–Kier alpha value is -1.51. The molecule has 0 saturated heterocycles. The van der Waals surface area contributed by atoms with Gasteiger partial charge in [0.15, 0.2) is 0 Å². The standard InChI is InChI=1S/C13H19NO2/c1-4-10-6-7-12(16-3)11(8-10)9-14-13(15)5-2/h6-8H,4-5,9H2,1-3H3,(H,14,15). The average molecular weight is 221 g/mol. The van der Waals surface area contributed by atoms with Crippen LogP contribution in [0.25, 0.3) is 0 Å². The van der Waals surface area contributed by atoms with Crippen molar-refractivity contribution in [2.75, 3.05) is 7.11 Å². The molecule has 1 N–H and O–H groups in total. The van der Waals surface area contributed by atoms with Gasteiger partial charge in [0.2, 0.25) is 5.91 Å². The van der Waals surface area contributed by atoms with Gasteiger partial charge in [0, 0.05) is 18.5 Å². The van der Waals surface area contributed by atoms with Gasteiger partial charge in [-0.25, -0.2) is 0 Å². The molecule has 0 saturated carbocycles. The number of nitrogens with one attached hydrogen (secondary N) is 1. The first kappa shape index (κ1) is 12.6. The third kappa shape index (κ3) is 3.26. The number of carbonyl (C=O) groups is 1. The molecule has 0 aliphatic heterocycles.